The molecule has 0 aliphatic carbocycles. The lowest BCUT2D eigenvalue weighted by Gasteiger charge is -2.03. The van der Waals surface area contributed by atoms with Crippen LogP contribution in [0.3, 0.4) is 0 Å². The molecule has 0 saturated heterocycles. The first-order valence-corrected chi connectivity index (χ1v) is 4.82. The molecule has 0 saturated carbocycles. The van der Waals surface area contributed by atoms with Crippen molar-refractivity contribution in [2.24, 2.45) is 0 Å². The van der Waals surface area contributed by atoms with Gasteiger partial charge in [-0.1, -0.05) is 0 Å². The molecule has 0 atom stereocenters. The number of esters is 1. The highest BCUT2D eigenvalue weighted by Gasteiger charge is 2.00. The minimum atomic E-state index is -0.397. The standard InChI is InChI=1S/C8H10BrN3O2/c1-6(2)14-7(13)3-4-12-5-10-8(9)11-12/h3-6H,1-2H3/b4-3-. The summed E-state index contributed by atoms with van der Waals surface area (Å²) in [7, 11) is 0. The van der Waals surface area contributed by atoms with Gasteiger partial charge >= 0.3 is 5.97 Å². The highest BCUT2D eigenvalue weighted by molar-refractivity contribution is 9.10. The summed E-state index contributed by atoms with van der Waals surface area (Å²) in [6, 6.07) is 0. The van der Waals surface area contributed by atoms with Crippen LogP contribution in [0.5, 0.6) is 0 Å². The van der Waals surface area contributed by atoms with E-state index in [0.717, 1.165) is 0 Å². The number of halogens is 1. The molecule has 0 aliphatic heterocycles. The Labute approximate surface area is 89.9 Å². The van der Waals surface area contributed by atoms with E-state index in [-0.39, 0.29) is 6.10 Å². The molecule has 1 aromatic rings. The summed E-state index contributed by atoms with van der Waals surface area (Å²) in [5, 5.41) is 3.89. The molecule has 14 heavy (non-hydrogen) atoms. The van der Waals surface area contributed by atoms with Crippen LogP contribution >= 0.6 is 15.9 Å². The fourth-order valence-corrected chi connectivity index (χ4v) is 1.01. The molecule has 0 spiro atoms. The predicted octanol–water partition coefficient (Wildman–Crippen LogP) is 1.46. The van der Waals surface area contributed by atoms with Crippen LogP contribution in [0.2, 0.25) is 0 Å². The van der Waals surface area contributed by atoms with E-state index < -0.39 is 5.97 Å². The second-order valence-electron chi connectivity index (χ2n) is 2.79. The minimum Gasteiger partial charge on any atom is -0.460 e. The van der Waals surface area contributed by atoms with Crippen LogP contribution < -0.4 is 0 Å². The van der Waals surface area contributed by atoms with Crippen molar-refractivity contribution < 1.29 is 9.53 Å². The van der Waals surface area contributed by atoms with E-state index >= 15 is 0 Å². The van der Waals surface area contributed by atoms with Gasteiger partial charge in [-0.05, 0) is 29.8 Å². The second kappa shape index (κ2) is 4.90. The Morgan fingerprint density at radius 2 is 2.43 bits per heavy atom. The summed E-state index contributed by atoms with van der Waals surface area (Å²) in [5.41, 5.74) is 0. The van der Waals surface area contributed by atoms with Gasteiger partial charge in [0, 0.05) is 12.3 Å². The van der Waals surface area contributed by atoms with Crippen molar-refractivity contribution in [1.82, 2.24) is 14.8 Å². The van der Waals surface area contributed by atoms with E-state index in [1.807, 2.05) is 0 Å². The van der Waals surface area contributed by atoms with E-state index in [1.165, 1.54) is 23.3 Å². The summed E-state index contributed by atoms with van der Waals surface area (Å²) in [4.78, 5) is 14.9. The van der Waals surface area contributed by atoms with Gasteiger partial charge in [-0.15, -0.1) is 5.10 Å². The maximum absolute atomic E-state index is 11.1. The molecule has 0 aliphatic rings. The number of aromatic nitrogens is 3. The first-order valence-electron chi connectivity index (χ1n) is 4.03. The number of rotatable bonds is 3. The average molecular weight is 260 g/mol. The van der Waals surface area contributed by atoms with Gasteiger partial charge < -0.3 is 4.74 Å². The van der Waals surface area contributed by atoms with Gasteiger partial charge in [-0.2, -0.15) is 0 Å². The molecule has 1 heterocycles. The molecule has 6 heteroatoms. The number of carbonyl (C=O) groups is 1. The third-order valence-electron chi connectivity index (χ3n) is 1.20. The highest BCUT2D eigenvalue weighted by Crippen LogP contribution is 1.99. The summed E-state index contributed by atoms with van der Waals surface area (Å²) < 4.78 is 6.76. The maximum Gasteiger partial charge on any atom is 0.332 e. The van der Waals surface area contributed by atoms with Crippen molar-refractivity contribution in [1.29, 1.82) is 0 Å². The molecule has 0 fully saturated rings. The van der Waals surface area contributed by atoms with Crippen molar-refractivity contribution in [2.45, 2.75) is 20.0 Å². The lowest BCUT2D eigenvalue weighted by atomic mass is 10.5. The van der Waals surface area contributed by atoms with E-state index in [9.17, 15) is 4.79 Å². The zero-order chi connectivity index (χ0) is 10.6. The summed E-state index contributed by atoms with van der Waals surface area (Å²) in [6.45, 7) is 3.58. The number of ether oxygens (including phenoxy) is 1. The normalized spacial score (nSPS) is 11.1. The molecule has 0 amide bonds. The molecule has 0 bridgehead atoms. The Morgan fingerprint density at radius 1 is 1.71 bits per heavy atom. The Balaban J connectivity index is 2.51. The summed E-state index contributed by atoms with van der Waals surface area (Å²) in [6.07, 6.45) is 4.13. The van der Waals surface area contributed by atoms with Crippen molar-refractivity contribution >= 4 is 28.1 Å². The van der Waals surface area contributed by atoms with Crippen molar-refractivity contribution in [3.8, 4) is 0 Å². The fourth-order valence-electron chi connectivity index (χ4n) is 0.734. The van der Waals surface area contributed by atoms with Gasteiger partial charge in [-0.25, -0.2) is 14.5 Å². The molecular formula is C8H10BrN3O2. The molecule has 1 rings (SSSR count). The molecule has 76 valence electrons. The lowest BCUT2D eigenvalue weighted by Crippen LogP contribution is -2.08. The first kappa shape index (κ1) is 10.9. The zero-order valence-electron chi connectivity index (χ0n) is 7.85. The van der Waals surface area contributed by atoms with Crippen LogP contribution in [0.25, 0.3) is 6.20 Å². The van der Waals surface area contributed by atoms with Crippen LogP contribution in [0.15, 0.2) is 17.1 Å². The van der Waals surface area contributed by atoms with Crippen molar-refractivity contribution in [3.05, 3.63) is 17.1 Å². The number of hydrogen-bond donors (Lipinski definition) is 0. The van der Waals surface area contributed by atoms with Gasteiger partial charge in [0.1, 0.15) is 6.33 Å². The van der Waals surface area contributed by atoms with Crippen LogP contribution in [-0.2, 0) is 9.53 Å². The van der Waals surface area contributed by atoms with Crippen molar-refractivity contribution in [3.63, 3.8) is 0 Å². The Morgan fingerprint density at radius 3 is 2.93 bits per heavy atom. The van der Waals surface area contributed by atoms with Crippen LogP contribution in [-0.4, -0.2) is 26.8 Å². The maximum atomic E-state index is 11.1. The fraction of sp³-hybridized carbons (Fsp3) is 0.375. The monoisotopic (exact) mass is 259 g/mol. The molecule has 5 nitrogen and oxygen atoms in total. The molecule has 1 aromatic heterocycles. The lowest BCUT2D eigenvalue weighted by molar-refractivity contribution is -0.141. The quantitative estimate of drug-likeness (QED) is 0.609. The van der Waals surface area contributed by atoms with Crippen LogP contribution in [0.4, 0.5) is 0 Å². The van der Waals surface area contributed by atoms with E-state index in [1.54, 1.807) is 13.8 Å². The third-order valence-corrected chi connectivity index (χ3v) is 1.56. The van der Waals surface area contributed by atoms with Crippen molar-refractivity contribution in [2.75, 3.05) is 0 Å². The smallest absolute Gasteiger partial charge is 0.332 e. The molecular weight excluding hydrogens is 250 g/mol. The molecule has 0 unspecified atom stereocenters. The van der Waals surface area contributed by atoms with Crippen LogP contribution in [0, 0.1) is 0 Å². The zero-order valence-corrected chi connectivity index (χ0v) is 9.43. The Bertz CT molecular complexity index is 346. The molecule has 0 aromatic carbocycles. The van der Waals surface area contributed by atoms with Gasteiger partial charge in [0.05, 0.1) is 6.10 Å². The average Bonchev–Trinajstić information content (AvgIpc) is 2.47. The Hall–Kier alpha value is -1.17. The largest absolute Gasteiger partial charge is 0.460 e. The summed E-state index contributed by atoms with van der Waals surface area (Å²) >= 11 is 3.09. The first-order chi connectivity index (χ1) is 6.58. The summed E-state index contributed by atoms with van der Waals surface area (Å²) in [5.74, 6) is -0.397. The van der Waals surface area contributed by atoms with Crippen LogP contribution in [0.1, 0.15) is 13.8 Å². The topological polar surface area (TPSA) is 57.0 Å². The predicted molar refractivity (Wildman–Crippen MR) is 54.3 cm³/mol. The highest BCUT2D eigenvalue weighted by atomic mass is 79.9. The van der Waals surface area contributed by atoms with Gasteiger partial charge in [0.2, 0.25) is 4.73 Å². The van der Waals surface area contributed by atoms with E-state index in [2.05, 4.69) is 26.0 Å². The molecule has 0 N–H and O–H groups in total. The van der Waals surface area contributed by atoms with Gasteiger partial charge in [-0.3, -0.25) is 0 Å². The van der Waals surface area contributed by atoms with E-state index in [0.29, 0.717) is 4.73 Å². The number of carbonyl (C=O) groups excluding carboxylic acids is 1. The van der Waals surface area contributed by atoms with E-state index in [4.69, 9.17) is 4.74 Å². The second-order valence-corrected chi connectivity index (χ2v) is 3.50. The van der Waals surface area contributed by atoms with Gasteiger partial charge in [0.25, 0.3) is 0 Å². The third kappa shape index (κ3) is 3.69. The SMILES string of the molecule is CC(C)OC(=O)/C=C\n1cnc(Br)n1. The van der Waals surface area contributed by atoms with Gasteiger partial charge in [0.15, 0.2) is 0 Å². The Kier molecular flexibility index (Phi) is 3.82. The minimum absolute atomic E-state index is 0.116. The number of nitrogens with zero attached hydrogens (tertiary/aromatic N) is 3. The molecule has 0 radical (unpaired) electrons. The number of hydrogen-bond acceptors (Lipinski definition) is 4.